The molecule has 2 aromatic carbocycles. The Morgan fingerprint density at radius 1 is 1.19 bits per heavy atom. The number of hydrogen-bond acceptors (Lipinski definition) is 2. The lowest BCUT2D eigenvalue weighted by Gasteiger charge is -2.07. The molecule has 1 aliphatic rings. The van der Waals surface area contributed by atoms with Gasteiger partial charge in [-0.2, -0.15) is 13.2 Å². The molecular weight excluding hydrogens is 368 g/mol. The van der Waals surface area contributed by atoms with Crippen LogP contribution in [-0.4, -0.2) is 16.6 Å². The van der Waals surface area contributed by atoms with E-state index < -0.39 is 17.3 Å². The van der Waals surface area contributed by atoms with E-state index in [0.717, 1.165) is 11.1 Å². The van der Waals surface area contributed by atoms with Gasteiger partial charge in [0.05, 0.1) is 6.42 Å². The van der Waals surface area contributed by atoms with Crippen LogP contribution in [0.3, 0.4) is 0 Å². The maximum absolute atomic E-state index is 13.5. The first-order valence-electron chi connectivity index (χ1n) is 7.79. The van der Waals surface area contributed by atoms with Crippen LogP contribution < -0.4 is 0 Å². The molecule has 0 heterocycles. The number of fused-ring (bicyclic) bond motifs is 1. The van der Waals surface area contributed by atoms with Crippen LogP contribution in [0.25, 0.3) is 11.6 Å². The number of alkyl halides is 3. The second-order valence-corrected chi connectivity index (χ2v) is 7.16. The summed E-state index contributed by atoms with van der Waals surface area (Å²) in [4.78, 5) is 11.2. The number of carbonyl (C=O) groups is 1. The van der Waals surface area contributed by atoms with Crippen molar-refractivity contribution >= 4 is 29.4 Å². The predicted molar refractivity (Wildman–Crippen MR) is 92.2 cm³/mol. The second kappa shape index (κ2) is 7.15. The smallest absolute Gasteiger partial charge is 0.446 e. The third-order valence-electron chi connectivity index (χ3n) is 4.14. The molecule has 1 aliphatic carbocycles. The Hall–Kier alpha value is -2.28. The summed E-state index contributed by atoms with van der Waals surface area (Å²) >= 11 is -0.178. The van der Waals surface area contributed by atoms with Gasteiger partial charge in [0.15, 0.2) is 0 Å². The molecule has 7 heteroatoms. The monoisotopic (exact) mass is 382 g/mol. The SMILES string of the molecule is O=C(O)CC1C/C(=C\c2ccc(SC(F)(F)F)cc2)c2ccc(F)cc21. The van der Waals surface area contributed by atoms with Crippen LogP contribution in [0, 0.1) is 5.82 Å². The van der Waals surface area contributed by atoms with Gasteiger partial charge >= 0.3 is 11.5 Å². The van der Waals surface area contributed by atoms with Crippen molar-refractivity contribution in [1.82, 2.24) is 0 Å². The summed E-state index contributed by atoms with van der Waals surface area (Å²) in [5.74, 6) is -1.70. The average Bonchev–Trinajstić information content (AvgIpc) is 2.84. The van der Waals surface area contributed by atoms with Gasteiger partial charge in [-0.05, 0) is 70.6 Å². The molecule has 0 aromatic heterocycles. The normalized spacial score (nSPS) is 18.2. The highest BCUT2D eigenvalue weighted by Crippen LogP contribution is 2.44. The Kier molecular flexibility index (Phi) is 5.09. The summed E-state index contributed by atoms with van der Waals surface area (Å²) in [6.45, 7) is 0. The first-order chi connectivity index (χ1) is 12.2. The maximum Gasteiger partial charge on any atom is 0.446 e. The molecule has 136 valence electrons. The second-order valence-electron chi connectivity index (χ2n) is 6.02. The zero-order valence-corrected chi connectivity index (χ0v) is 14.2. The summed E-state index contributed by atoms with van der Waals surface area (Å²) in [5, 5.41) is 9.06. The van der Waals surface area contributed by atoms with Gasteiger partial charge in [0, 0.05) is 4.90 Å². The van der Waals surface area contributed by atoms with E-state index in [1.54, 1.807) is 24.3 Å². The first kappa shape index (κ1) is 18.5. The predicted octanol–water partition coefficient (Wildman–Crippen LogP) is 5.94. The van der Waals surface area contributed by atoms with Crippen molar-refractivity contribution in [2.75, 3.05) is 0 Å². The number of benzene rings is 2. The molecule has 1 atom stereocenters. The van der Waals surface area contributed by atoms with Crippen LogP contribution in [0.2, 0.25) is 0 Å². The van der Waals surface area contributed by atoms with Crippen molar-refractivity contribution in [2.45, 2.75) is 29.2 Å². The van der Waals surface area contributed by atoms with E-state index in [1.807, 2.05) is 0 Å². The quantitative estimate of drug-likeness (QED) is 0.525. The average molecular weight is 382 g/mol. The Morgan fingerprint density at radius 2 is 1.88 bits per heavy atom. The highest BCUT2D eigenvalue weighted by molar-refractivity contribution is 8.00. The van der Waals surface area contributed by atoms with Crippen molar-refractivity contribution in [3.05, 3.63) is 65.0 Å². The molecule has 0 bridgehead atoms. The lowest BCUT2D eigenvalue weighted by molar-refractivity contribution is -0.137. The minimum absolute atomic E-state index is 0.0947. The van der Waals surface area contributed by atoms with E-state index in [0.29, 0.717) is 17.5 Å². The van der Waals surface area contributed by atoms with E-state index in [9.17, 15) is 22.4 Å². The summed E-state index contributed by atoms with van der Waals surface area (Å²) < 4.78 is 50.7. The molecule has 0 aliphatic heterocycles. The number of aliphatic carboxylic acids is 1. The topological polar surface area (TPSA) is 37.3 Å². The van der Waals surface area contributed by atoms with E-state index in [4.69, 9.17) is 5.11 Å². The van der Waals surface area contributed by atoms with Gasteiger partial charge in [-0.25, -0.2) is 4.39 Å². The molecule has 0 fully saturated rings. The largest absolute Gasteiger partial charge is 0.481 e. The molecule has 0 spiro atoms. The van der Waals surface area contributed by atoms with Crippen molar-refractivity contribution in [2.24, 2.45) is 0 Å². The van der Waals surface area contributed by atoms with Crippen LogP contribution in [0.15, 0.2) is 47.4 Å². The molecule has 0 amide bonds. The van der Waals surface area contributed by atoms with Gasteiger partial charge < -0.3 is 5.11 Å². The van der Waals surface area contributed by atoms with Gasteiger partial charge in [0.2, 0.25) is 0 Å². The van der Waals surface area contributed by atoms with Gasteiger partial charge in [0.25, 0.3) is 0 Å². The molecule has 1 N–H and O–H groups in total. The lowest BCUT2D eigenvalue weighted by Crippen LogP contribution is -2.03. The fourth-order valence-electron chi connectivity index (χ4n) is 3.15. The Balaban J connectivity index is 1.88. The highest BCUT2D eigenvalue weighted by atomic mass is 32.2. The van der Waals surface area contributed by atoms with E-state index >= 15 is 0 Å². The van der Waals surface area contributed by atoms with E-state index in [2.05, 4.69) is 0 Å². The summed E-state index contributed by atoms with van der Waals surface area (Å²) in [6, 6.07) is 10.2. The van der Waals surface area contributed by atoms with Crippen LogP contribution >= 0.6 is 11.8 Å². The minimum Gasteiger partial charge on any atom is -0.481 e. The van der Waals surface area contributed by atoms with Crippen LogP contribution in [0.4, 0.5) is 17.6 Å². The van der Waals surface area contributed by atoms with Gasteiger partial charge in [-0.15, -0.1) is 0 Å². The number of carboxylic acid groups (broad SMARTS) is 1. The highest BCUT2D eigenvalue weighted by Gasteiger charge is 2.30. The molecule has 26 heavy (non-hydrogen) atoms. The van der Waals surface area contributed by atoms with Crippen LogP contribution in [-0.2, 0) is 4.79 Å². The molecule has 3 rings (SSSR count). The number of rotatable bonds is 4. The fraction of sp³-hybridized carbons (Fsp3) is 0.211. The van der Waals surface area contributed by atoms with Crippen LogP contribution in [0.1, 0.15) is 35.4 Å². The molecular formula is C19H14F4O2S. The maximum atomic E-state index is 13.5. The number of halogens is 4. The van der Waals surface area contributed by atoms with Crippen LogP contribution in [0.5, 0.6) is 0 Å². The van der Waals surface area contributed by atoms with Gasteiger partial charge in [-0.3, -0.25) is 4.79 Å². The van der Waals surface area contributed by atoms with Crippen molar-refractivity contribution < 1.29 is 27.5 Å². The molecule has 0 saturated heterocycles. The standard InChI is InChI=1S/C19H14F4O2S/c20-14-3-6-16-12(8-13(9-18(24)25)17(16)10-14)7-11-1-4-15(5-2-11)26-19(21,22)23/h1-7,10,13H,8-9H2,(H,24,25)/b12-7+. The number of carboxylic acids is 1. The summed E-state index contributed by atoms with van der Waals surface area (Å²) in [5.41, 5.74) is -1.34. The van der Waals surface area contributed by atoms with Gasteiger partial charge in [-0.1, -0.05) is 24.3 Å². The van der Waals surface area contributed by atoms with Crippen molar-refractivity contribution in [3.63, 3.8) is 0 Å². The van der Waals surface area contributed by atoms with E-state index in [-0.39, 0.29) is 29.0 Å². The van der Waals surface area contributed by atoms with E-state index in [1.165, 1.54) is 24.3 Å². The number of hydrogen-bond donors (Lipinski definition) is 1. The summed E-state index contributed by atoms with van der Waals surface area (Å²) in [7, 11) is 0. The first-order valence-corrected chi connectivity index (χ1v) is 8.61. The van der Waals surface area contributed by atoms with Crippen molar-refractivity contribution in [1.29, 1.82) is 0 Å². The Labute approximate surface area is 151 Å². The zero-order valence-electron chi connectivity index (χ0n) is 13.4. The third kappa shape index (κ3) is 4.46. The van der Waals surface area contributed by atoms with Gasteiger partial charge in [0.1, 0.15) is 5.82 Å². The molecule has 2 nitrogen and oxygen atoms in total. The Morgan fingerprint density at radius 3 is 2.50 bits per heavy atom. The number of thioether (sulfide) groups is 1. The number of allylic oxidation sites excluding steroid dienone is 1. The Bertz CT molecular complexity index is 857. The summed E-state index contributed by atoms with van der Waals surface area (Å²) in [6.07, 6.45) is 2.15. The zero-order chi connectivity index (χ0) is 18.9. The lowest BCUT2D eigenvalue weighted by atomic mass is 9.98. The molecule has 0 saturated carbocycles. The molecule has 2 aromatic rings. The fourth-order valence-corrected chi connectivity index (χ4v) is 3.69. The third-order valence-corrected chi connectivity index (χ3v) is 4.88. The molecule has 0 radical (unpaired) electrons. The van der Waals surface area contributed by atoms with Crippen molar-refractivity contribution in [3.8, 4) is 0 Å². The minimum atomic E-state index is -4.33. The molecule has 1 unspecified atom stereocenters.